The van der Waals surface area contributed by atoms with Gasteiger partial charge in [0.15, 0.2) is 0 Å². The van der Waals surface area contributed by atoms with Crippen molar-refractivity contribution in [2.75, 3.05) is 24.4 Å². The van der Waals surface area contributed by atoms with Crippen molar-refractivity contribution in [1.82, 2.24) is 0 Å². The number of nitrogens with one attached hydrogen (secondary N) is 1. The van der Waals surface area contributed by atoms with E-state index in [2.05, 4.69) is 5.32 Å². The average molecular weight is 376 g/mol. The van der Waals surface area contributed by atoms with E-state index in [0.717, 1.165) is 5.69 Å². The number of ether oxygens (including phenoxy) is 2. The lowest BCUT2D eigenvalue weighted by Gasteiger charge is -2.38. The van der Waals surface area contributed by atoms with Crippen LogP contribution in [0.3, 0.4) is 0 Å². The van der Waals surface area contributed by atoms with Crippen molar-refractivity contribution >= 4 is 17.3 Å². The summed E-state index contributed by atoms with van der Waals surface area (Å²) in [5.74, 6) is 1.13. The quantitative estimate of drug-likeness (QED) is 0.715. The Bertz CT molecular complexity index is 1020. The van der Waals surface area contributed by atoms with Crippen LogP contribution in [0.1, 0.15) is 22.1 Å². The predicted molar refractivity (Wildman–Crippen MR) is 107 cm³/mol. The minimum absolute atomic E-state index is 0.0440. The fourth-order valence-corrected chi connectivity index (χ4v) is 3.36. The van der Waals surface area contributed by atoms with Crippen molar-refractivity contribution in [1.29, 1.82) is 0 Å². The lowest BCUT2D eigenvalue weighted by molar-refractivity contribution is 0.0974. The summed E-state index contributed by atoms with van der Waals surface area (Å²) in [6, 6.07) is 19.6. The smallest absolute Gasteiger partial charge is 0.262 e. The SMILES string of the molecule is COc1ccc(N2C(=O)c3ccccc3N[C@H]2c2ccc(OC)cc2O)cc1. The van der Waals surface area contributed by atoms with E-state index < -0.39 is 6.17 Å². The second kappa shape index (κ2) is 7.15. The molecule has 3 aromatic carbocycles. The summed E-state index contributed by atoms with van der Waals surface area (Å²) in [4.78, 5) is 15.0. The van der Waals surface area contributed by atoms with Gasteiger partial charge in [0.05, 0.1) is 19.8 Å². The van der Waals surface area contributed by atoms with Gasteiger partial charge in [0.1, 0.15) is 23.4 Å². The molecular weight excluding hydrogens is 356 g/mol. The van der Waals surface area contributed by atoms with E-state index in [0.29, 0.717) is 28.3 Å². The van der Waals surface area contributed by atoms with Crippen molar-refractivity contribution in [2.45, 2.75) is 6.17 Å². The maximum Gasteiger partial charge on any atom is 0.262 e. The van der Waals surface area contributed by atoms with Gasteiger partial charge < -0.3 is 19.9 Å². The number of nitrogens with zero attached hydrogens (tertiary/aromatic N) is 1. The van der Waals surface area contributed by atoms with E-state index in [4.69, 9.17) is 9.47 Å². The first-order chi connectivity index (χ1) is 13.6. The average Bonchev–Trinajstić information content (AvgIpc) is 2.74. The van der Waals surface area contributed by atoms with Gasteiger partial charge in [-0.15, -0.1) is 0 Å². The third kappa shape index (κ3) is 2.99. The van der Waals surface area contributed by atoms with E-state index in [-0.39, 0.29) is 11.7 Å². The maximum absolute atomic E-state index is 13.3. The Morgan fingerprint density at radius 2 is 1.61 bits per heavy atom. The Morgan fingerprint density at radius 3 is 2.29 bits per heavy atom. The number of anilines is 2. The molecule has 0 spiro atoms. The van der Waals surface area contributed by atoms with Crippen molar-refractivity contribution in [3.63, 3.8) is 0 Å². The Balaban J connectivity index is 1.84. The van der Waals surface area contributed by atoms with Gasteiger partial charge in [-0.1, -0.05) is 12.1 Å². The first-order valence-corrected chi connectivity index (χ1v) is 8.82. The van der Waals surface area contributed by atoms with Gasteiger partial charge in [-0.3, -0.25) is 9.69 Å². The van der Waals surface area contributed by atoms with Crippen LogP contribution in [0, 0.1) is 0 Å². The number of hydrogen-bond acceptors (Lipinski definition) is 5. The van der Waals surface area contributed by atoms with E-state index in [1.54, 1.807) is 42.3 Å². The maximum atomic E-state index is 13.3. The number of phenols is 1. The summed E-state index contributed by atoms with van der Waals surface area (Å²) in [6.45, 7) is 0. The number of rotatable bonds is 4. The number of para-hydroxylation sites is 1. The van der Waals surface area contributed by atoms with Crippen LogP contribution >= 0.6 is 0 Å². The molecule has 1 aliphatic heterocycles. The highest BCUT2D eigenvalue weighted by molar-refractivity contribution is 6.12. The molecular formula is C22H20N2O4. The Labute approximate surface area is 162 Å². The second-order valence-corrected chi connectivity index (χ2v) is 6.39. The minimum atomic E-state index is -0.582. The van der Waals surface area contributed by atoms with Crippen LogP contribution in [-0.4, -0.2) is 25.2 Å². The van der Waals surface area contributed by atoms with Gasteiger partial charge in [-0.25, -0.2) is 0 Å². The molecule has 0 aromatic heterocycles. The summed E-state index contributed by atoms with van der Waals surface area (Å²) in [5.41, 5.74) is 2.55. The molecule has 0 aliphatic carbocycles. The summed E-state index contributed by atoms with van der Waals surface area (Å²) >= 11 is 0. The molecule has 142 valence electrons. The third-order valence-corrected chi connectivity index (χ3v) is 4.81. The summed E-state index contributed by atoms with van der Waals surface area (Å²) in [7, 11) is 3.13. The van der Waals surface area contributed by atoms with Crippen LogP contribution in [0.15, 0.2) is 66.7 Å². The molecule has 0 fully saturated rings. The Morgan fingerprint density at radius 1 is 0.929 bits per heavy atom. The van der Waals surface area contributed by atoms with Crippen molar-refractivity contribution in [2.24, 2.45) is 0 Å². The highest BCUT2D eigenvalue weighted by atomic mass is 16.5. The molecule has 1 heterocycles. The number of benzene rings is 3. The number of carbonyl (C=O) groups excluding carboxylic acids is 1. The molecule has 0 radical (unpaired) electrons. The highest BCUT2D eigenvalue weighted by Gasteiger charge is 2.35. The summed E-state index contributed by atoms with van der Waals surface area (Å²) in [6.07, 6.45) is -0.582. The van der Waals surface area contributed by atoms with Crippen LogP contribution in [-0.2, 0) is 0 Å². The molecule has 6 nitrogen and oxygen atoms in total. The van der Waals surface area contributed by atoms with Gasteiger partial charge in [0.25, 0.3) is 5.91 Å². The van der Waals surface area contributed by atoms with Crippen molar-refractivity contribution in [3.05, 3.63) is 77.9 Å². The molecule has 0 saturated heterocycles. The topological polar surface area (TPSA) is 71.0 Å². The number of hydrogen-bond donors (Lipinski definition) is 2. The molecule has 0 bridgehead atoms. The molecule has 0 saturated carbocycles. The Kier molecular flexibility index (Phi) is 4.53. The number of phenolic OH excluding ortho intramolecular Hbond substituents is 1. The summed E-state index contributed by atoms with van der Waals surface area (Å²) < 4.78 is 10.4. The van der Waals surface area contributed by atoms with Crippen LogP contribution in [0.2, 0.25) is 0 Å². The van der Waals surface area contributed by atoms with E-state index in [9.17, 15) is 9.90 Å². The Hall–Kier alpha value is -3.67. The molecule has 1 amide bonds. The summed E-state index contributed by atoms with van der Waals surface area (Å²) in [5, 5.41) is 14.0. The monoisotopic (exact) mass is 376 g/mol. The van der Waals surface area contributed by atoms with Gasteiger partial charge in [0, 0.05) is 23.0 Å². The molecule has 28 heavy (non-hydrogen) atoms. The zero-order valence-electron chi connectivity index (χ0n) is 15.5. The number of aromatic hydroxyl groups is 1. The van der Waals surface area contributed by atoms with Gasteiger partial charge in [-0.2, -0.15) is 0 Å². The normalized spacial score (nSPS) is 15.6. The standard InChI is InChI=1S/C22H20N2O4/c1-27-15-9-7-14(8-10-15)24-21(18-12-11-16(28-2)13-20(18)25)23-19-6-4-3-5-17(19)22(24)26/h3-13,21,23,25H,1-2H3/t21-/m1/s1. The number of fused-ring (bicyclic) bond motifs is 1. The van der Waals surface area contributed by atoms with Gasteiger partial charge in [-0.05, 0) is 48.5 Å². The molecule has 0 unspecified atom stereocenters. The van der Waals surface area contributed by atoms with Crippen molar-refractivity contribution in [3.8, 4) is 17.2 Å². The van der Waals surface area contributed by atoms with E-state index in [1.165, 1.54) is 13.2 Å². The second-order valence-electron chi connectivity index (χ2n) is 6.39. The molecule has 1 atom stereocenters. The largest absolute Gasteiger partial charge is 0.507 e. The zero-order chi connectivity index (χ0) is 19.7. The van der Waals surface area contributed by atoms with Gasteiger partial charge >= 0.3 is 0 Å². The predicted octanol–water partition coefficient (Wildman–Crippen LogP) is 4.18. The third-order valence-electron chi connectivity index (χ3n) is 4.81. The molecule has 4 rings (SSSR count). The van der Waals surface area contributed by atoms with Crippen LogP contribution < -0.4 is 19.7 Å². The molecule has 1 aliphatic rings. The fraction of sp³-hybridized carbons (Fsp3) is 0.136. The zero-order valence-corrected chi connectivity index (χ0v) is 15.5. The minimum Gasteiger partial charge on any atom is -0.507 e. The van der Waals surface area contributed by atoms with Crippen LogP contribution in [0.25, 0.3) is 0 Å². The van der Waals surface area contributed by atoms with E-state index in [1.807, 2.05) is 30.3 Å². The van der Waals surface area contributed by atoms with Crippen LogP contribution in [0.5, 0.6) is 17.2 Å². The lowest BCUT2D eigenvalue weighted by Crippen LogP contribution is -2.43. The fourth-order valence-electron chi connectivity index (χ4n) is 3.36. The first-order valence-electron chi connectivity index (χ1n) is 8.82. The molecule has 3 aromatic rings. The van der Waals surface area contributed by atoms with Gasteiger partial charge in [0.2, 0.25) is 0 Å². The lowest BCUT2D eigenvalue weighted by atomic mass is 10.0. The number of carbonyl (C=O) groups is 1. The number of amides is 1. The van der Waals surface area contributed by atoms with Crippen LogP contribution in [0.4, 0.5) is 11.4 Å². The molecule has 6 heteroatoms. The first kappa shape index (κ1) is 17.7. The molecule has 2 N–H and O–H groups in total. The number of methoxy groups -OCH3 is 2. The van der Waals surface area contributed by atoms with Crippen molar-refractivity contribution < 1.29 is 19.4 Å². The highest BCUT2D eigenvalue weighted by Crippen LogP contribution is 2.40. The van der Waals surface area contributed by atoms with E-state index >= 15 is 0 Å².